The minimum absolute atomic E-state index is 0.0445. The summed E-state index contributed by atoms with van der Waals surface area (Å²) in [5.41, 5.74) is 0.797. The first-order valence-corrected chi connectivity index (χ1v) is 9.59. The molecular weight excluding hydrogens is 301 g/mol. The van der Waals surface area contributed by atoms with E-state index in [0.717, 1.165) is 24.8 Å². The van der Waals surface area contributed by atoms with Gasteiger partial charge in [-0.25, -0.2) is 4.39 Å². The number of halogens is 1. The SMILES string of the molecule is CC.CC.CC.CC(C)CCCCC(=O)NCc1cccc(F)c1. The Hall–Kier alpha value is -1.38. The third-order valence-electron chi connectivity index (χ3n) is 2.81. The van der Waals surface area contributed by atoms with Crippen molar-refractivity contribution in [1.82, 2.24) is 5.32 Å². The lowest BCUT2D eigenvalue weighted by Gasteiger charge is -2.06. The van der Waals surface area contributed by atoms with Crippen molar-refractivity contribution < 1.29 is 9.18 Å². The summed E-state index contributed by atoms with van der Waals surface area (Å²) in [6.45, 7) is 16.8. The number of hydrogen-bond acceptors (Lipinski definition) is 1. The molecule has 1 aromatic carbocycles. The Morgan fingerprint density at radius 3 is 2.12 bits per heavy atom. The molecule has 1 rings (SSSR count). The molecule has 142 valence electrons. The van der Waals surface area contributed by atoms with Gasteiger partial charge in [-0.05, 0) is 30.0 Å². The highest BCUT2D eigenvalue weighted by molar-refractivity contribution is 5.75. The van der Waals surface area contributed by atoms with Crippen molar-refractivity contribution in [3.8, 4) is 0 Å². The molecule has 0 spiro atoms. The Morgan fingerprint density at radius 1 is 1.04 bits per heavy atom. The van der Waals surface area contributed by atoms with Gasteiger partial charge in [-0.3, -0.25) is 4.79 Å². The van der Waals surface area contributed by atoms with Crippen molar-refractivity contribution in [2.45, 2.75) is 87.6 Å². The van der Waals surface area contributed by atoms with Gasteiger partial charge < -0.3 is 5.32 Å². The molecule has 0 atom stereocenters. The van der Waals surface area contributed by atoms with Gasteiger partial charge >= 0.3 is 0 Å². The van der Waals surface area contributed by atoms with E-state index in [-0.39, 0.29) is 11.7 Å². The molecule has 24 heavy (non-hydrogen) atoms. The van der Waals surface area contributed by atoms with E-state index in [1.54, 1.807) is 6.07 Å². The van der Waals surface area contributed by atoms with Crippen molar-refractivity contribution in [2.75, 3.05) is 0 Å². The molecule has 0 aliphatic carbocycles. The van der Waals surface area contributed by atoms with Crippen LogP contribution in [-0.4, -0.2) is 5.91 Å². The lowest BCUT2D eigenvalue weighted by molar-refractivity contribution is -0.121. The van der Waals surface area contributed by atoms with E-state index in [0.29, 0.717) is 18.9 Å². The summed E-state index contributed by atoms with van der Waals surface area (Å²) in [6, 6.07) is 6.30. The van der Waals surface area contributed by atoms with Gasteiger partial charge in [-0.2, -0.15) is 0 Å². The lowest BCUT2D eigenvalue weighted by atomic mass is 10.1. The monoisotopic (exact) mass is 341 g/mol. The summed E-state index contributed by atoms with van der Waals surface area (Å²) in [5.74, 6) is 0.474. The first-order chi connectivity index (χ1) is 11.6. The van der Waals surface area contributed by atoms with Crippen LogP contribution >= 0.6 is 0 Å². The van der Waals surface area contributed by atoms with Crippen LogP contribution in [0.15, 0.2) is 24.3 Å². The van der Waals surface area contributed by atoms with E-state index >= 15 is 0 Å². The average Bonchev–Trinajstić information content (AvgIpc) is 2.62. The standard InChI is InChI=1S/C15H22FNO.3C2H6/c1-12(2)6-3-4-9-15(18)17-11-13-7-5-8-14(16)10-13;3*1-2/h5,7-8,10,12H,3-4,6,9,11H2,1-2H3,(H,17,18);3*1-2H3. The number of amides is 1. The molecule has 0 bridgehead atoms. The molecule has 1 amide bonds. The van der Waals surface area contributed by atoms with Gasteiger partial charge in [0.15, 0.2) is 0 Å². The van der Waals surface area contributed by atoms with E-state index in [4.69, 9.17) is 0 Å². The molecule has 0 fully saturated rings. The summed E-state index contributed by atoms with van der Waals surface area (Å²) >= 11 is 0. The van der Waals surface area contributed by atoms with Crippen LogP contribution in [0.4, 0.5) is 4.39 Å². The van der Waals surface area contributed by atoms with Gasteiger partial charge in [0.25, 0.3) is 0 Å². The number of carbonyl (C=O) groups excluding carboxylic acids is 1. The maximum absolute atomic E-state index is 12.9. The van der Waals surface area contributed by atoms with Crippen LogP contribution < -0.4 is 5.32 Å². The molecule has 0 saturated carbocycles. The Balaban J connectivity index is -0.000000659. The van der Waals surface area contributed by atoms with Gasteiger partial charge in [0.2, 0.25) is 5.91 Å². The highest BCUT2D eigenvalue weighted by Crippen LogP contribution is 2.08. The van der Waals surface area contributed by atoms with Crippen molar-refractivity contribution in [2.24, 2.45) is 5.92 Å². The van der Waals surface area contributed by atoms with Crippen LogP contribution in [0.3, 0.4) is 0 Å². The van der Waals surface area contributed by atoms with Crippen LogP contribution in [0, 0.1) is 11.7 Å². The zero-order valence-corrected chi connectivity index (χ0v) is 17.2. The Labute approximate surface area is 150 Å². The third-order valence-corrected chi connectivity index (χ3v) is 2.81. The summed E-state index contributed by atoms with van der Waals surface area (Å²) in [6.07, 6.45) is 3.73. The first-order valence-electron chi connectivity index (χ1n) is 9.59. The number of hydrogen-bond donors (Lipinski definition) is 1. The van der Waals surface area contributed by atoms with E-state index < -0.39 is 0 Å². The van der Waals surface area contributed by atoms with E-state index in [1.165, 1.54) is 12.1 Å². The van der Waals surface area contributed by atoms with Crippen LogP contribution in [-0.2, 0) is 11.3 Å². The number of carbonyl (C=O) groups is 1. The average molecular weight is 342 g/mol. The predicted octanol–water partition coefficient (Wildman–Crippen LogP) is 6.74. The molecule has 0 radical (unpaired) electrons. The quantitative estimate of drug-likeness (QED) is 0.547. The Bertz CT molecular complexity index is 378. The fourth-order valence-electron chi connectivity index (χ4n) is 1.77. The zero-order chi connectivity index (χ0) is 19.4. The first kappa shape index (κ1) is 27.5. The van der Waals surface area contributed by atoms with Crippen LogP contribution in [0.2, 0.25) is 0 Å². The smallest absolute Gasteiger partial charge is 0.220 e. The van der Waals surface area contributed by atoms with E-state index in [1.807, 2.05) is 47.6 Å². The molecule has 3 heteroatoms. The van der Waals surface area contributed by atoms with E-state index in [2.05, 4.69) is 19.2 Å². The normalized spacial score (nSPS) is 8.75. The molecule has 1 aromatic rings. The molecule has 0 saturated heterocycles. The largest absolute Gasteiger partial charge is 0.352 e. The summed E-state index contributed by atoms with van der Waals surface area (Å²) in [5, 5.41) is 2.81. The topological polar surface area (TPSA) is 29.1 Å². The predicted molar refractivity (Wildman–Crippen MR) is 106 cm³/mol. The van der Waals surface area contributed by atoms with Crippen molar-refractivity contribution in [3.05, 3.63) is 35.6 Å². The molecule has 0 unspecified atom stereocenters. The highest BCUT2D eigenvalue weighted by atomic mass is 19.1. The second-order valence-corrected chi connectivity index (χ2v) is 5.05. The number of unbranched alkanes of at least 4 members (excludes halogenated alkanes) is 1. The minimum atomic E-state index is -0.265. The van der Waals surface area contributed by atoms with Gasteiger partial charge in [-0.15, -0.1) is 0 Å². The van der Waals surface area contributed by atoms with Crippen molar-refractivity contribution in [1.29, 1.82) is 0 Å². The van der Waals surface area contributed by atoms with Crippen molar-refractivity contribution >= 4 is 5.91 Å². The zero-order valence-electron chi connectivity index (χ0n) is 17.2. The van der Waals surface area contributed by atoms with Gasteiger partial charge in [0.1, 0.15) is 5.82 Å². The minimum Gasteiger partial charge on any atom is -0.352 e. The highest BCUT2D eigenvalue weighted by Gasteiger charge is 2.02. The lowest BCUT2D eigenvalue weighted by Crippen LogP contribution is -2.22. The van der Waals surface area contributed by atoms with Gasteiger partial charge in [0, 0.05) is 13.0 Å². The number of nitrogens with one attached hydrogen (secondary N) is 1. The number of benzene rings is 1. The molecule has 1 N–H and O–H groups in total. The second kappa shape index (κ2) is 21.6. The molecule has 0 aliphatic rings. The second-order valence-electron chi connectivity index (χ2n) is 5.05. The fraction of sp³-hybridized carbons (Fsp3) is 0.667. The molecule has 0 aromatic heterocycles. The third kappa shape index (κ3) is 18.7. The Morgan fingerprint density at radius 2 is 1.62 bits per heavy atom. The summed E-state index contributed by atoms with van der Waals surface area (Å²) in [4.78, 5) is 11.5. The van der Waals surface area contributed by atoms with E-state index in [9.17, 15) is 9.18 Å². The summed E-state index contributed by atoms with van der Waals surface area (Å²) in [7, 11) is 0. The molecule has 0 heterocycles. The summed E-state index contributed by atoms with van der Waals surface area (Å²) < 4.78 is 12.9. The van der Waals surface area contributed by atoms with Crippen molar-refractivity contribution in [3.63, 3.8) is 0 Å². The molecule has 0 aliphatic heterocycles. The van der Waals surface area contributed by atoms with Gasteiger partial charge in [0.05, 0.1) is 0 Å². The maximum atomic E-state index is 12.9. The van der Waals surface area contributed by atoms with Crippen LogP contribution in [0.1, 0.15) is 86.6 Å². The fourth-order valence-corrected chi connectivity index (χ4v) is 1.77. The maximum Gasteiger partial charge on any atom is 0.220 e. The van der Waals surface area contributed by atoms with Crippen LogP contribution in [0.5, 0.6) is 0 Å². The Kier molecular flexibility index (Phi) is 24.7. The van der Waals surface area contributed by atoms with Crippen LogP contribution in [0.25, 0.3) is 0 Å². The molecular formula is C21H40FNO. The van der Waals surface area contributed by atoms with Gasteiger partial charge in [-0.1, -0.05) is 80.4 Å². The molecule has 2 nitrogen and oxygen atoms in total. The number of rotatable bonds is 7.